The Hall–Kier alpha value is -3.99. The third-order valence-electron chi connectivity index (χ3n) is 6.29. The van der Waals surface area contributed by atoms with Gasteiger partial charge in [-0.1, -0.05) is 60.7 Å². The van der Waals surface area contributed by atoms with Crippen LogP contribution >= 0.6 is 0 Å². The number of carbonyl (C=O) groups excluding carboxylic acids is 1. The van der Waals surface area contributed by atoms with E-state index in [2.05, 4.69) is 45.2 Å². The average molecular weight is 419 g/mol. The fourth-order valence-corrected chi connectivity index (χ4v) is 4.86. The van der Waals surface area contributed by atoms with Crippen LogP contribution in [-0.4, -0.2) is 20.3 Å². The van der Waals surface area contributed by atoms with Crippen LogP contribution in [0.25, 0.3) is 17.1 Å². The number of imidazole rings is 1. The molecule has 1 N–H and O–H groups in total. The molecule has 0 saturated heterocycles. The van der Waals surface area contributed by atoms with Gasteiger partial charge in [-0.3, -0.25) is 14.3 Å². The Labute approximate surface area is 186 Å². The molecule has 32 heavy (non-hydrogen) atoms. The molecule has 5 heteroatoms. The van der Waals surface area contributed by atoms with Gasteiger partial charge in [-0.05, 0) is 41.7 Å². The van der Waals surface area contributed by atoms with Crippen LogP contribution in [0.15, 0.2) is 96.5 Å². The molecule has 2 aliphatic rings. The smallest absolute Gasteiger partial charge is 0.209 e. The minimum Gasteiger partial charge on any atom is -0.329 e. The van der Waals surface area contributed by atoms with Gasteiger partial charge < -0.3 is 5.32 Å². The molecule has 1 aliphatic carbocycles. The molecular weight excluding hydrogens is 396 g/mol. The van der Waals surface area contributed by atoms with E-state index < -0.39 is 0 Å². The highest BCUT2D eigenvalue weighted by Crippen LogP contribution is 2.44. The van der Waals surface area contributed by atoms with Crippen molar-refractivity contribution < 1.29 is 4.79 Å². The lowest BCUT2D eigenvalue weighted by atomic mass is 9.80. The molecule has 0 bridgehead atoms. The lowest BCUT2D eigenvalue weighted by Crippen LogP contribution is -2.33. The molecule has 2 atom stereocenters. The molecule has 2 aromatic heterocycles. The number of hydrogen-bond acceptors (Lipinski definition) is 4. The summed E-state index contributed by atoms with van der Waals surface area (Å²) >= 11 is 0. The normalized spacial score (nSPS) is 20.3. The van der Waals surface area contributed by atoms with Crippen molar-refractivity contribution in [1.82, 2.24) is 14.5 Å². The summed E-state index contributed by atoms with van der Waals surface area (Å²) in [6.45, 7) is 0. The summed E-state index contributed by atoms with van der Waals surface area (Å²) in [5, 5.41) is 3.50. The summed E-state index contributed by atoms with van der Waals surface area (Å²) in [5.74, 6) is 1.11. The Kier molecular flexibility index (Phi) is 4.46. The minimum atomic E-state index is -0.228. The molecule has 1 aliphatic heterocycles. The fourth-order valence-electron chi connectivity index (χ4n) is 4.86. The number of nitrogens with one attached hydrogen (secondary N) is 1. The Balaban J connectivity index is 1.44. The molecule has 0 unspecified atom stereocenters. The Bertz CT molecular complexity index is 1370. The van der Waals surface area contributed by atoms with Gasteiger partial charge in [0.05, 0.1) is 17.1 Å². The maximum Gasteiger partial charge on any atom is 0.209 e. The van der Waals surface area contributed by atoms with E-state index in [4.69, 9.17) is 4.98 Å². The van der Waals surface area contributed by atoms with Crippen LogP contribution in [-0.2, 0) is 4.79 Å². The van der Waals surface area contributed by atoms with Crippen molar-refractivity contribution in [3.05, 3.63) is 108 Å². The number of anilines is 1. The first kappa shape index (κ1) is 18.8. The first-order valence-corrected chi connectivity index (χ1v) is 10.9. The van der Waals surface area contributed by atoms with Crippen molar-refractivity contribution in [2.45, 2.75) is 18.9 Å². The number of fused-ring (bicyclic) bond motifs is 3. The monoisotopic (exact) mass is 418 g/mol. The summed E-state index contributed by atoms with van der Waals surface area (Å²) in [5.41, 5.74) is 5.87. The minimum absolute atomic E-state index is 0.152. The number of pyridine rings is 1. The highest BCUT2D eigenvalue weighted by Gasteiger charge is 2.38. The van der Waals surface area contributed by atoms with Crippen LogP contribution < -0.4 is 5.32 Å². The van der Waals surface area contributed by atoms with Crippen LogP contribution in [0.4, 0.5) is 5.95 Å². The van der Waals surface area contributed by atoms with Crippen LogP contribution in [0, 0.1) is 5.92 Å². The van der Waals surface area contributed by atoms with Gasteiger partial charge in [0, 0.05) is 30.1 Å². The van der Waals surface area contributed by atoms with Crippen molar-refractivity contribution in [2.75, 3.05) is 5.32 Å². The molecule has 6 rings (SSSR count). The number of allylic oxidation sites excluding steroid dienone is 3. The molecule has 0 saturated carbocycles. The molecule has 0 radical (unpaired) electrons. The third-order valence-corrected chi connectivity index (χ3v) is 6.29. The largest absolute Gasteiger partial charge is 0.329 e. The molecule has 3 heterocycles. The van der Waals surface area contributed by atoms with Crippen molar-refractivity contribution in [1.29, 1.82) is 0 Å². The van der Waals surface area contributed by atoms with Crippen molar-refractivity contribution in [3.63, 3.8) is 0 Å². The van der Waals surface area contributed by atoms with Crippen molar-refractivity contribution in [3.8, 4) is 0 Å². The number of nitrogens with zero attached hydrogens (tertiary/aromatic N) is 3. The Morgan fingerprint density at radius 2 is 1.81 bits per heavy atom. The van der Waals surface area contributed by atoms with Gasteiger partial charge in [-0.2, -0.15) is 0 Å². The van der Waals surface area contributed by atoms with Gasteiger partial charge in [0.25, 0.3) is 0 Å². The number of benzene rings is 2. The standard InChI is InChI=1S/C27H22N4O/c32-24-16-19(13-12-18-7-2-1-3-8-18)15-22-25(24)26(20-9-6-14-28-17-20)31-23-11-5-4-10-21(23)29-27(31)30-22/h1-14,17,19,26H,15-16H2,(H,29,30)/b13-12+/t19-,26-/m1/s1. The summed E-state index contributed by atoms with van der Waals surface area (Å²) in [4.78, 5) is 22.7. The van der Waals surface area contributed by atoms with Gasteiger partial charge in [-0.25, -0.2) is 4.98 Å². The molecule has 0 amide bonds. The van der Waals surface area contributed by atoms with E-state index in [-0.39, 0.29) is 17.7 Å². The second kappa shape index (κ2) is 7.61. The van der Waals surface area contributed by atoms with E-state index in [1.807, 2.05) is 54.7 Å². The summed E-state index contributed by atoms with van der Waals surface area (Å²) in [6.07, 6.45) is 9.18. The molecule has 2 aromatic carbocycles. The van der Waals surface area contributed by atoms with Crippen LogP contribution in [0.3, 0.4) is 0 Å². The first-order valence-electron chi connectivity index (χ1n) is 10.9. The van der Waals surface area contributed by atoms with Crippen molar-refractivity contribution >= 4 is 28.8 Å². The maximum atomic E-state index is 13.5. The van der Waals surface area contributed by atoms with E-state index in [0.29, 0.717) is 6.42 Å². The zero-order valence-corrected chi connectivity index (χ0v) is 17.5. The number of carbonyl (C=O) groups is 1. The Morgan fingerprint density at radius 3 is 2.66 bits per heavy atom. The van der Waals surface area contributed by atoms with Crippen LogP contribution in [0.2, 0.25) is 0 Å². The average Bonchev–Trinajstić information content (AvgIpc) is 3.20. The number of rotatable bonds is 3. The van der Waals surface area contributed by atoms with E-state index in [0.717, 1.165) is 45.8 Å². The van der Waals surface area contributed by atoms with Gasteiger partial charge in [0.2, 0.25) is 5.95 Å². The maximum absolute atomic E-state index is 13.5. The first-order chi connectivity index (χ1) is 15.8. The van der Waals surface area contributed by atoms with Gasteiger partial charge in [0.15, 0.2) is 5.78 Å². The van der Waals surface area contributed by atoms with Gasteiger partial charge in [-0.15, -0.1) is 0 Å². The number of Topliss-reactive ketones (excluding diaryl/α,β-unsaturated/α-hetero) is 1. The SMILES string of the molecule is O=C1C[C@H](/C=C/c2ccccc2)CC2=C1[C@@H](c1cccnc1)n1c(nc3ccccc31)N2. The highest BCUT2D eigenvalue weighted by molar-refractivity contribution is 6.00. The summed E-state index contributed by atoms with van der Waals surface area (Å²) in [6, 6.07) is 22.0. The number of aromatic nitrogens is 3. The molecule has 5 nitrogen and oxygen atoms in total. The quantitative estimate of drug-likeness (QED) is 0.484. The third kappa shape index (κ3) is 3.14. The predicted octanol–water partition coefficient (Wildman–Crippen LogP) is 5.39. The lowest BCUT2D eigenvalue weighted by molar-refractivity contribution is -0.117. The van der Waals surface area contributed by atoms with Crippen LogP contribution in [0.5, 0.6) is 0 Å². The molecule has 156 valence electrons. The molecule has 0 spiro atoms. The second-order valence-electron chi connectivity index (χ2n) is 8.36. The van der Waals surface area contributed by atoms with E-state index in [1.54, 1.807) is 6.20 Å². The zero-order chi connectivity index (χ0) is 21.5. The zero-order valence-electron chi connectivity index (χ0n) is 17.5. The second-order valence-corrected chi connectivity index (χ2v) is 8.36. The molecule has 4 aromatic rings. The van der Waals surface area contributed by atoms with E-state index >= 15 is 0 Å². The van der Waals surface area contributed by atoms with E-state index in [9.17, 15) is 4.79 Å². The predicted molar refractivity (Wildman–Crippen MR) is 126 cm³/mol. The van der Waals surface area contributed by atoms with Gasteiger partial charge >= 0.3 is 0 Å². The van der Waals surface area contributed by atoms with Crippen LogP contribution in [0.1, 0.15) is 30.0 Å². The highest BCUT2D eigenvalue weighted by atomic mass is 16.1. The number of hydrogen-bond donors (Lipinski definition) is 1. The van der Waals surface area contributed by atoms with Crippen molar-refractivity contribution in [2.24, 2.45) is 5.92 Å². The summed E-state index contributed by atoms with van der Waals surface area (Å²) in [7, 11) is 0. The lowest BCUT2D eigenvalue weighted by Gasteiger charge is -2.35. The summed E-state index contributed by atoms with van der Waals surface area (Å²) < 4.78 is 2.14. The number of para-hydroxylation sites is 2. The Morgan fingerprint density at radius 1 is 0.969 bits per heavy atom. The molecule has 0 fully saturated rings. The fraction of sp³-hybridized carbons (Fsp3) is 0.148. The van der Waals surface area contributed by atoms with Gasteiger partial charge in [0.1, 0.15) is 0 Å². The molecular formula is C27H22N4O. The van der Waals surface area contributed by atoms with E-state index in [1.165, 1.54) is 0 Å². The topological polar surface area (TPSA) is 59.8 Å². The number of ketones is 1.